The zero-order chi connectivity index (χ0) is 25.7. The minimum atomic E-state index is -0.405. The molecule has 0 aliphatic heterocycles. The van der Waals surface area contributed by atoms with Gasteiger partial charge in [-0.25, -0.2) is 9.37 Å². The fraction of sp³-hybridized carbons (Fsp3) is 0.143. The van der Waals surface area contributed by atoms with Crippen LogP contribution in [0.15, 0.2) is 61.6 Å². The smallest absolute Gasteiger partial charge is 0.157 e. The molecule has 0 unspecified atom stereocenters. The van der Waals surface area contributed by atoms with E-state index in [2.05, 4.69) is 36.6 Å². The highest BCUT2D eigenvalue weighted by atomic mass is 32.1. The van der Waals surface area contributed by atoms with Crippen LogP contribution < -0.4 is 0 Å². The van der Waals surface area contributed by atoms with Crippen molar-refractivity contribution in [3.05, 3.63) is 77.8 Å². The molecule has 2 N–H and O–H groups in total. The minimum absolute atomic E-state index is 0.263. The summed E-state index contributed by atoms with van der Waals surface area (Å²) in [5, 5.41) is 7.89. The maximum absolute atomic E-state index is 15.2. The van der Waals surface area contributed by atoms with Crippen molar-refractivity contribution in [2.45, 2.75) is 13.5 Å². The van der Waals surface area contributed by atoms with E-state index in [9.17, 15) is 0 Å². The van der Waals surface area contributed by atoms with Gasteiger partial charge in [0.15, 0.2) is 11.6 Å². The SMILES string of the molecule is C=C(C)c1ccc(-c2nccc3[nH]c(-c4[nH]nc5c(F)cc(-c6cncc(CN(C)C)c6)cc45)nc23)s1. The fourth-order valence-corrected chi connectivity index (χ4v) is 5.38. The summed E-state index contributed by atoms with van der Waals surface area (Å²) in [4.78, 5) is 21.4. The molecule has 0 radical (unpaired) electrons. The predicted octanol–water partition coefficient (Wildman–Crippen LogP) is 6.53. The van der Waals surface area contributed by atoms with Crippen molar-refractivity contribution < 1.29 is 4.39 Å². The number of thiophene rings is 1. The topological polar surface area (TPSA) is 86.4 Å². The summed E-state index contributed by atoms with van der Waals surface area (Å²) in [5.74, 6) is 0.164. The molecule has 7 nitrogen and oxygen atoms in total. The van der Waals surface area contributed by atoms with Gasteiger partial charge in [0, 0.05) is 41.0 Å². The zero-order valence-corrected chi connectivity index (χ0v) is 21.4. The van der Waals surface area contributed by atoms with Gasteiger partial charge in [-0.2, -0.15) is 5.10 Å². The Balaban J connectivity index is 1.46. The number of aromatic amines is 2. The lowest BCUT2D eigenvalue weighted by Gasteiger charge is -2.10. The largest absolute Gasteiger partial charge is 0.337 e. The molecule has 0 atom stereocenters. The van der Waals surface area contributed by atoms with E-state index in [1.165, 1.54) is 6.07 Å². The maximum Gasteiger partial charge on any atom is 0.157 e. The van der Waals surface area contributed by atoms with Crippen molar-refractivity contribution in [1.82, 2.24) is 35.0 Å². The number of allylic oxidation sites excluding steroid dienone is 1. The second-order valence-corrected chi connectivity index (χ2v) is 10.4. The van der Waals surface area contributed by atoms with E-state index in [4.69, 9.17) is 4.98 Å². The number of aromatic nitrogens is 6. The molecule has 0 bridgehead atoms. The average molecular weight is 510 g/mol. The summed E-state index contributed by atoms with van der Waals surface area (Å²) in [7, 11) is 4.00. The van der Waals surface area contributed by atoms with Crippen molar-refractivity contribution in [1.29, 1.82) is 0 Å². The molecular formula is C28H24FN7S. The number of imidazole rings is 1. The Kier molecular flexibility index (Phi) is 5.66. The number of nitrogens with one attached hydrogen (secondary N) is 2. The molecule has 0 saturated carbocycles. The molecule has 0 spiro atoms. The zero-order valence-electron chi connectivity index (χ0n) is 20.6. The van der Waals surface area contributed by atoms with Crippen LogP contribution in [0.25, 0.3) is 60.7 Å². The number of pyridine rings is 2. The number of H-pyrrole nitrogens is 2. The van der Waals surface area contributed by atoms with Gasteiger partial charge in [-0.3, -0.25) is 15.1 Å². The normalized spacial score (nSPS) is 11.7. The van der Waals surface area contributed by atoms with E-state index in [1.807, 2.05) is 57.5 Å². The van der Waals surface area contributed by atoms with Crippen LogP contribution in [0.4, 0.5) is 4.39 Å². The van der Waals surface area contributed by atoms with Gasteiger partial charge >= 0.3 is 0 Å². The number of benzene rings is 1. The first-order valence-corrected chi connectivity index (χ1v) is 12.6. The Morgan fingerprint density at radius 3 is 2.73 bits per heavy atom. The average Bonchev–Trinajstić information content (AvgIpc) is 3.61. The number of fused-ring (bicyclic) bond motifs is 2. The van der Waals surface area contributed by atoms with Gasteiger partial charge in [0.2, 0.25) is 0 Å². The molecule has 0 fully saturated rings. The van der Waals surface area contributed by atoms with Crippen LogP contribution in [-0.4, -0.2) is 49.1 Å². The van der Waals surface area contributed by atoms with Crippen LogP contribution in [0.2, 0.25) is 0 Å². The van der Waals surface area contributed by atoms with E-state index >= 15 is 4.39 Å². The van der Waals surface area contributed by atoms with Crippen LogP contribution in [0.3, 0.4) is 0 Å². The second-order valence-electron chi connectivity index (χ2n) is 9.36. The number of rotatable bonds is 6. The quantitative estimate of drug-likeness (QED) is 0.267. The van der Waals surface area contributed by atoms with E-state index in [0.29, 0.717) is 16.9 Å². The monoisotopic (exact) mass is 509 g/mol. The predicted molar refractivity (Wildman–Crippen MR) is 148 cm³/mol. The summed E-state index contributed by atoms with van der Waals surface area (Å²) < 4.78 is 15.2. The van der Waals surface area contributed by atoms with E-state index in [-0.39, 0.29) is 5.52 Å². The number of halogens is 1. The second kappa shape index (κ2) is 9.02. The van der Waals surface area contributed by atoms with Crippen LogP contribution in [-0.2, 0) is 6.54 Å². The highest BCUT2D eigenvalue weighted by Crippen LogP contribution is 2.36. The van der Waals surface area contributed by atoms with Crippen molar-refractivity contribution >= 4 is 38.8 Å². The first-order valence-electron chi connectivity index (χ1n) is 11.7. The number of hydrogen-bond acceptors (Lipinski definition) is 6. The molecule has 184 valence electrons. The Morgan fingerprint density at radius 1 is 1.08 bits per heavy atom. The van der Waals surface area contributed by atoms with Gasteiger partial charge < -0.3 is 9.88 Å². The molecule has 0 amide bonds. The molecule has 9 heteroatoms. The van der Waals surface area contributed by atoms with Crippen LogP contribution in [0.1, 0.15) is 17.4 Å². The highest BCUT2D eigenvalue weighted by molar-refractivity contribution is 7.16. The van der Waals surface area contributed by atoms with Crippen LogP contribution >= 0.6 is 11.3 Å². The van der Waals surface area contributed by atoms with E-state index < -0.39 is 5.82 Å². The van der Waals surface area contributed by atoms with E-state index in [0.717, 1.165) is 55.3 Å². The molecule has 5 aromatic heterocycles. The Morgan fingerprint density at radius 2 is 1.95 bits per heavy atom. The molecule has 0 aliphatic carbocycles. The molecule has 0 saturated heterocycles. The van der Waals surface area contributed by atoms with Gasteiger partial charge in [0.05, 0.1) is 10.4 Å². The summed E-state index contributed by atoms with van der Waals surface area (Å²) in [5.41, 5.74) is 6.88. The van der Waals surface area contributed by atoms with Gasteiger partial charge in [-0.05, 0) is 74.1 Å². The number of nitrogens with zero attached hydrogens (tertiary/aromatic N) is 5. The van der Waals surface area contributed by atoms with Crippen molar-refractivity contribution in [3.8, 4) is 33.2 Å². The molecule has 37 heavy (non-hydrogen) atoms. The third-order valence-corrected chi connectivity index (χ3v) is 7.39. The summed E-state index contributed by atoms with van der Waals surface area (Å²) >= 11 is 1.63. The molecular weight excluding hydrogens is 485 g/mol. The van der Waals surface area contributed by atoms with Gasteiger partial charge in [0.25, 0.3) is 0 Å². The first kappa shape index (κ1) is 23.2. The van der Waals surface area contributed by atoms with Gasteiger partial charge in [0.1, 0.15) is 22.4 Å². The van der Waals surface area contributed by atoms with Gasteiger partial charge in [-0.1, -0.05) is 6.58 Å². The highest BCUT2D eigenvalue weighted by Gasteiger charge is 2.19. The fourth-order valence-electron chi connectivity index (χ4n) is 4.45. The third-order valence-electron chi connectivity index (χ3n) is 6.14. The molecule has 6 aromatic rings. The van der Waals surface area contributed by atoms with Gasteiger partial charge in [-0.15, -0.1) is 11.3 Å². The first-order chi connectivity index (χ1) is 17.9. The lowest BCUT2D eigenvalue weighted by atomic mass is 10.0. The minimum Gasteiger partial charge on any atom is -0.337 e. The number of hydrogen-bond donors (Lipinski definition) is 2. The molecule has 6 rings (SSSR count). The lowest BCUT2D eigenvalue weighted by molar-refractivity contribution is 0.402. The lowest BCUT2D eigenvalue weighted by Crippen LogP contribution is -2.10. The Bertz CT molecular complexity index is 1790. The Hall–Kier alpha value is -4.21. The van der Waals surface area contributed by atoms with Crippen molar-refractivity contribution in [3.63, 3.8) is 0 Å². The molecule has 0 aliphatic rings. The molecule has 1 aromatic carbocycles. The standard InChI is InChI=1S/C28H24FN7S/c1-15(2)22-5-6-23(37-22)27-26-21(7-8-31-27)32-28(33-26)25-19-10-17(11-20(29)24(19)34-35-25)18-9-16(12-30-13-18)14-36(3)4/h5-13H,1,14H2,2-4H3,(H,32,33)(H,34,35). The third kappa shape index (κ3) is 4.22. The van der Waals surface area contributed by atoms with E-state index in [1.54, 1.807) is 23.7 Å². The Labute approximate surface area is 216 Å². The van der Waals surface area contributed by atoms with Crippen molar-refractivity contribution in [2.75, 3.05) is 14.1 Å². The van der Waals surface area contributed by atoms with Crippen molar-refractivity contribution in [2.24, 2.45) is 0 Å². The maximum atomic E-state index is 15.2. The summed E-state index contributed by atoms with van der Waals surface area (Å²) in [6.45, 7) is 6.77. The summed E-state index contributed by atoms with van der Waals surface area (Å²) in [6.07, 6.45) is 5.34. The van der Waals surface area contributed by atoms with Crippen LogP contribution in [0, 0.1) is 5.82 Å². The molecule has 5 heterocycles. The summed E-state index contributed by atoms with van der Waals surface area (Å²) in [6, 6.07) is 11.4. The van der Waals surface area contributed by atoms with Crippen LogP contribution in [0.5, 0.6) is 0 Å².